The lowest BCUT2D eigenvalue weighted by molar-refractivity contribution is 0.0735. The SMILES string of the molecule is CCOC(C)CNC1CCc2ccc(OC)cc2C1. The van der Waals surface area contributed by atoms with Gasteiger partial charge in [0.15, 0.2) is 0 Å². The second kappa shape index (κ2) is 6.92. The molecule has 19 heavy (non-hydrogen) atoms. The third-order valence-corrected chi connectivity index (χ3v) is 3.79. The van der Waals surface area contributed by atoms with Crippen molar-refractivity contribution < 1.29 is 9.47 Å². The van der Waals surface area contributed by atoms with Gasteiger partial charge in [0.25, 0.3) is 0 Å². The molecule has 2 atom stereocenters. The Balaban J connectivity index is 1.90. The fourth-order valence-electron chi connectivity index (χ4n) is 2.71. The second-order valence-electron chi connectivity index (χ2n) is 5.25. The van der Waals surface area contributed by atoms with Gasteiger partial charge < -0.3 is 14.8 Å². The van der Waals surface area contributed by atoms with Crippen LogP contribution in [0.2, 0.25) is 0 Å². The molecule has 1 aromatic rings. The minimum Gasteiger partial charge on any atom is -0.497 e. The van der Waals surface area contributed by atoms with Gasteiger partial charge in [-0.3, -0.25) is 0 Å². The lowest BCUT2D eigenvalue weighted by Gasteiger charge is -2.27. The highest BCUT2D eigenvalue weighted by molar-refractivity contribution is 5.37. The summed E-state index contributed by atoms with van der Waals surface area (Å²) in [7, 11) is 1.73. The van der Waals surface area contributed by atoms with Gasteiger partial charge in [-0.25, -0.2) is 0 Å². The van der Waals surface area contributed by atoms with Crippen LogP contribution in [0.15, 0.2) is 18.2 Å². The molecule has 0 aromatic heterocycles. The maximum absolute atomic E-state index is 5.56. The van der Waals surface area contributed by atoms with E-state index < -0.39 is 0 Å². The molecule has 0 bridgehead atoms. The second-order valence-corrected chi connectivity index (χ2v) is 5.25. The standard InChI is InChI=1S/C16H25NO2/c1-4-19-12(2)11-17-15-7-5-13-6-8-16(18-3)10-14(13)9-15/h6,8,10,12,15,17H,4-5,7,9,11H2,1-3H3. The number of rotatable bonds is 6. The Hall–Kier alpha value is -1.06. The molecule has 1 N–H and O–H groups in total. The topological polar surface area (TPSA) is 30.5 Å². The number of methoxy groups -OCH3 is 1. The van der Waals surface area contributed by atoms with Crippen LogP contribution in [-0.2, 0) is 17.6 Å². The maximum Gasteiger partial charge on any atom is 0.119 e. The monoisotopic (exact) mass is 263 g/mol. The van der Waals surface area contributed by atoms with Crippen LogP contribution in [0.5, 0.6) is 5.75 Å². The van der Waals surface area contributed by atoms with Crippen LogP contribution in [0.25, 0.3) is 0 Å². The maximum atomic E-state index is 5.56. The highest BCUT2D eigenvalue weighted by Crippen LogP contribution is 2.25. The van der Waals surface area contributed by atoms with E-state index in [0.29, 0.717) is 6.04 Å². The molecule has 1 aliphatic carbocycles. The van der Waals surface area contributed by atoms with Crippen LogP contribution >= 0.6 is 0 Å². The predicted octanol–water partition coefficient (Wildman–Crippen LogP) is 2.57. The average Bonchev–Trinajstić information content (AvgIpc) is 2.44. The van der Waals surface area contributed by atoms with Crippen LogP contribution in [0.3, 0.4) is 0 Å². The van der Waals surface area contributed by atoms with Crippen molar-refractivity contribution in [3.8, 4) is 5.75 Å². The van der Waals surface area contributed by atoms with Crippen LogP contribution in [0.4, 0.5) is 0 Å². The molecule has 106 valence electrons. The van der Waals surface area contributed by atoms with E-state index in [0.717, 1.165) is 31.7 Å². The third kappa shape index (κ3) is 3.95. The van der Waals surface area contributed by atoms with Crippen LogP contribution in [0, 0.1) is 0 Å². The molecule has 2 rings (SSSR count). The number of hydrogen-bond acceptors (Lipinski definition) is 3. The first-order valence-corrected chi connectivity index (χ1v) is 7.23. The molecule has 2 unspecified atom stereocenters. The van der Waals surface area contributed by atoms with Gasteiger partial charge in [-0.15, -0.1) is 0 Å². The molecule has 0 heterocycles. The molecular formula is C16H25NO2. The number of benzene rings is 1. The van der Waals surface area contributed by atoms with E-state index in [1.54, 1.807) is 7.11 Å². The first-order chi connectivity index (χ1) is 9.22. The van der Waals surface area contributed by atoms with Crippen molar-refractivity contribution in [2.45, 2.75) is 45.3 Å². The molecule has 1 aliphatic rings. The Labute approximate surface area is 116 Å². The summed E-state index contributed by atoms with van der Waals surface area (Å²) in [5, 5.41) is 3.62. The number of nitrogens with one attached hydrogen (secondary N) is 1. The summed E-state index contributed by atoms with van der Waals surface area (Å²) in [6.07, 6.45) is 3.74. The Morgan fingerprint density at radius 2 is 2.21 bits per heavy atom. The summed E-state index contributed by atoms with van der Waals surface area (Å²) in [5.41, 5.74) is 2.89. The number of aryl methyl sites for hydroxylation is 1. The van der Waals surface area contributed by atoms with Gasteiger partial charge in [0.05, 0.1) is 13.2 Å². The number of hydrogen-bond donors (Lipinski definition) is 1. The van der Waals surface area contributed by atoms with Gasteiger partial charge in [-0.05, 0) is 56.4 Å². The van der Waals surface area contributed by atoms with E-state index in [1.165, 1.54) is 17.5 Å². The normalized spacial score (nSPS) is 19.8. The number of ether oxygens (including phenoxy) is 2. The molecule has 3 nitrogen and oxygen atoms in total. The van der Waals surface area contributed by atoms with E-state index in [2.05, 4.69) is 30.4 Å². The molecule has 1 aromatic carbocycles. The Morgan fingerprint density at radius 3 is 2.95 bits per heavy atom. The van der Waals surface area contributed by atoms with Crippen LogP contribution in [0.1, 0.15) is 31.4 Å². The van der Waals surface area contributed by atoms with Gasteiger partial charge in [-0.2, -0.15) is 0 Å². The Bertz CT molecular complexity index is 406. The van der Waals surface area contributed by atoms with Crippen molar-refractivity contribution in [3.63, 3.8) is 0 Å². The van der Waals surface area contributed by atoms with Crippen molar-refractivity contribution >= 4 is 0 Å². The zero-order chi connectivity index (χ0) is 13.7. The zero-order valence-electron chi connectivity index (χ0n) is 12.2. The Kier molecular flexibility index (Phi) is 5.23. The quantitative estimate of drug-likeness (QED) is 0.855. The lowest BCUT2D eigenvalue weighted by atomic mass is 9.88. The highest BCUT2D eigenvalue weighted by atomic mass is 16.5. The molecule has 3 heteroatoms. The summed E-state index contributed by atoms with van der Waals surface area (Å²) in [6.45, 7) is 5.88. The Morgan fingerprint density at radius 1 is 1.37 bits per heavy atom. The van der Waals surface area contributed by atoms with E-state index in [1.807, 2.05) is 6.92 Å². The molecule has 0 radical (unpaired) electrons. The van der Waals surface area contributed by atoms with Crippen LogP contribution < -0.4 is 10.1 Å². The average molecular weight is 263 g/mol. The molecule has 0 fully saturated rings. The van der Waals surface area contributed by atoms with E-state index in [9.17, 15) is 0 Å². The summed E-state index contributed by atoms with van der Waals surface area (Å²) in [6, 6.07) is 6.99. The minimum absolute atomic E-state index is 0.289. The summed E-state index contributed by atoms with van der Waals surface area (Å²) in [5.74, 6) is 0.960. The van der Waals surface area contributed by atoms with Crippen molar-refractivity contribution in [2.24, 2.45) is 0 Å². The predicted molar refractivity (Wildman–Crippen MR) is 77.9 cm³/mol. The van der Waals surface area contributed by atoms with Gasteiger partial charge >= 0.3 is 0 Å². The summed E-state index contributed by atoms with van der Waals surface area (Å²) in [4.78, 5) is 0. The molecular weight excluding hydrogens is 238 g/mol. The van der Waals surface area contributed by atoms with Crippen molar-refractivity contribution in [1.29, 1.82) is 0 Å². The fourth-order valence-corrected chi connectivity index (χ4v) is 2.71. The molecule has 0 saturated heterocycles. The first-order valence-electron chi connectivity index (χ1n) is 7.23. The summed E-state index contributed by atoms with van der Waals surface area (Å²) < 4.78 is 10.9. The highest BCUT2D eigenvalue weighted by Gasteiger charge is 2.19. The van der Waals surface area contributed by atoms with Crippen LogP contribution in [-0.4, -0.2) is 32.4 Å². The third-order valence-electron chi connectivity index (χ3n) is 3.79. The van der Waals surface area contributed by atoms with E-state index in [-0.39, 0.29) is 6.10 Å². The van der Waals surface area contributed by atoms with Crippen molar-refractivity contribution in [2.75, 3.05) is 20.3 Å². The van der Waals surface area contributed by atoms with Crippen molar-refractivity contribution in [1.82, 2.24) is 5.32 Å². The van der Waals surface area contributed by atoms with E-state index >= 15 is 0 Å². The molecule has 0 saturated carbocycles. The largest absolute Gasteiger partial charge is 0.497 e. The minimum atomic E-state index is 0.289. The van der Waals surface area contributed by atoms with E-state index in [4.69, 9.17) is 9.47 Å². The fraction of sp³-hybridized carbons (Fsp3) is 0.625. The molecule has 0 aliphatic heterocycles. The van der Waals surface area contributed by atoms with Gasteiger partial charge in [0.2, 0.25) is 0 Å². The molecule has 0 spiro atoms. The molecule has 0 amide bonds. The lowest BCUT2D eigenvalue weighted by Crippen LogP contribution is -2.39. The zero-order valence-corrected chi connectivity index (χ0v) is 12.2. The van der Waals surface area contributed by atoms with Gasteiger partial charge in [0, 0.05) is 19.2 Å². The smallest absolute Gasteiger partial charge is 0.119 e. The van der Waals surface area contributed by atoms with Crippen molar-refractivity contribution in [3.05, 3.63) is 29.3 Å². The van der Waals surface area contributed by atoms with Gasteiger partial charge in [-0.1, -0.05) is 6.07 Å². The first kappa shape index (κ1) is 14.4. The van der Waals surface area contributed by atoms with Gasteiger partial charge in [0.1, 0.15) is 5.75 Å². The summed E-state index contributed by atoms with van der Waals surface area (Å²) >= 11 is 0. The number of fused-ring (bicyclic) bond motifs is 1.